The Hall–Kier alpha value is -5.92. The van der Waals surface area contributed by atoms with Gasteiger partial charge in [0.25, 0.3) is 5.91 Å². The minimum Gasteiger partial charge on any atom is -0.507 e. The molecule has 8 N–H and O–H groups in total. The lowest BCUT2D eigenvalue weighted by Crippen LogP contribution is -2.54. The molecule has 0 aliphatic carbocycles. The van der Waals surface area contributed by atoms with Gasteiger partial charge < -0.3 is 41.9 Å². The standard InChI is InChI=1S/C40H42ClN5O8/c1-22-36(49)45-32(40(53)54)20-23-6-16-33(47)29(19-23)30-21-27(13-17-34(30)48)35(38(51)43-22)46(2)39(52)31(5-3-4-18-42)44-37(50)26-9-7-24(8-10-26)25-11-14-28(41)15-12-25/h6-17,19,21-22,31-32,35,47-48H,3-5,18,20,42H2,1-2H3,(H,43,51)(H,44,50)(H,45,49)(H,53,54)/t22-,31-,32?,35?/m0/s1. The van der Waals surface area contributed by atoms with Crippen LogP contribution >= 0.6 is 11.6 Å². The summed E-state index contributed by atoms with van der Waals surface area (Å²) in [5, 5.41) is 40.1. The third-order valence-corrected chi connectivity index (χ3v) is 9.60. The number of carbonyl (C=O) groups excluding carboxylic acids is 4. The smallest absolute Gasteiger partial charge is 0.326 e. The van der Waals surface area contributed by atoms with E-state index < -0.39 is 53.8 Å². The van der Waals surface area contributed by atoms with Crippen molar-refractivity contribution < 1.29 is 39.3 Å². The number of hydrogen-bond donors (Lipinski definition) is 7. The van der Waals surface area contributed by atoms with E-state index in [2.05, 4.69) is 16.0 Å². The number of nitrogens with two attached hydrogens (primary N) is 1. The summed E-state index contributed by atoms with van der Waals surface area (Å²) in [6.07, 6.45) is 1.09. The summed E-state index contributed by atoms with van der Waals surface area (Å²) in [4.78, 5) is 68.5. The second kappa shape index (κ2) is 17.3. The summed E-state index contributed by atoms with van der Waals surface area (Å²) in [7, 11) is 1.38. The highest BCUT2D eigenvalue weighted by molar-refractivity contribution is 6.30. The van der Waals surface area contributed by atoms with Gasteiger partial charge in [-0.1, -0.05) is 48.0 Å². The minimum absolute atomic E-state index is 0.112. The van der Waals surface area contributed by atoms with Crippen LogP contribution in [0.3, 0.4) is 0 Å². The van der Waals surface area contributed by atoms with Gasteiger partial charge in [-0.3, -0.25) is 19.2 Å². The van der Waals surface area contributed by atoms with E-state index in [4.69, 9.17) is 17.3 Å². The molecule has 0 fully saturated rings. The molecule has 0 saturated carbocycles. The van der Waals surface area contributed by atoms with Crippen molar-refractivity contribution in [2.75, 3.05) is 13.6 Å². The molecule has 4 amide bonds. The van der Waals surface area contributed by atoms with Crippen LogP contribution in [0, 0.1) is 0 Å². The minimum atomic E-state index is -1.41. The van der Waals surface area contributed by atoms with Crippen molar-refractivity contribution >= 4 is 41.2 Å². The average molecular weight is 756 g/mol. The number of carboxylic acids is 1. The van der Waals surface area contributed by atoms with Gasteiger partial charge in [-0.15, -0.1) is 0 Å². The Morgan fingerprint density at radius 1 is 0.870 bits per heavy atom. The number of likely N-dealkylation sites (N-methyl/N-ethyl adjacent to an activating group) is 1. The Morgan fingerprint density at radius 2 is 1.48 bits per heavy atom. The van der Waals surface area contributed by atoms with Crippen molar-refractivity contribution in [1.82, 2.24) is 20.9 Å². The lowest BCUT2D eigenvalue weighted by Gasteiger charge is -2.32. The zero-order valence-electron chi connectivity index (χ0n) is 29.7. The lowest BCUT2D eigenvalue weighted by atomic mass is 9.93. The molecule has 4 bridgehead atoms. The third kappa shape index (κ3) is 9.17. The van der Waals surface area contributed by atoms with E-state index in [-0.39, 0.29) is 41.0 Å². The van der Waals surface area contributed by atoms with Gasteiger partial charge in [0, 0.05) is 35.2 Å². The number of rotatable bonds is 10. The fourth-order valence-corrected chi connectivity index (χ4v) is 6.45. The van der Waals surface area contributed by atoms with Crippen LogP contribution in [-0.2, 0) is 25.6 Å². The maximum atomic E-state index is 14.4. The summed E-state index contributed by atoms with van der Waals surface area (Å²) in [6.45, 7) is 1.74. The molecule has 14 heteroatoms. The van der Waals surface area contributed by atoms with Crippen molar-refractivity contribution in [2.45, 2.75) is 56.8 Å². The Kier molecular flexibility index (Phi) is 12.6. The van der Waals surface area contributed by atoms with Gasteiger partial charge in [-0.25, -0.2) is 4.79 Å². The quantitative estimate of drug-likeness (QED) is 0.116. The molecule has 4 aromatic carbocycles. The highest BCUT2D eigenvalue weighted by Gasteiger charge is 2.36. The average Bonchev–Trinajstić information content (AvgIpc) is 3.15. The molecule has 0 aromatic heterocycles. The first-order chi connectivity index (χ1) is 25.8. The molecule has 5 rings (SSSR count). The first-order valence-corrected chi connectivity index (χ1v) is 17.8. The molecule has 2 unspecified atom stereocenters. The number of nitrogens with zero attached hydrogens (tertiary/aromatic N) is 1. The number of carbonyl (C=O) groups is 5. The number of carboxylic acid groups (broad SMARTS) is 1. The van der Waals surface area contributed by atoms with Gasteiger partial charge in [0.1, 0.15) is 35.7 Å². The highest BCUT2D eigenvalue weighted by Crippen LogP contribution is 2.39. The number of phenols is 2. The van der Waals surface area contributed by atoms with Crippen molar-refractivity contribution in [3.63, 3.8) is 0 Å². The number of phenolic OH excluding ortho intramolecular Hbond substituents is 2. The summed E-state index contributed by atoms with van der Waals surface area (Å²) >= 11 is 6.02. The molecule has 1 aliphatic rings. The zero-order chi connectivity index (χ0) is 39.1. The van der Waals surface area contributed by atoms with E-state index in [1.165, 1.54) is 50.4 Å². The van der Waals surface area contributed by atoms with E-state index in [1.807, 2.05) is 12.1 Å². The van der Waals surface area contributed by atoms with Crippen molar-refractivity contribution in [1.29, 1.82) is 0 Å². The third-order valence-electron chi connectivity index (χ3n) is 9.35. The number of aromatic hydroxyl groups is 2. The van der Waals surface area contributed by atoms with Crippen LogP contribution in [-0.4, -0.2) is 81.5 Å². The van der Waals surface area contributed by atoms with Crippen molar-refractivity contribution in [3.05, 3.63) is 107 Å². The maximum absolute atomic E-state index is 14.4. The van der Waals surface area contributed by atoms with Crippen LogP contribution in [0.15, 0.2) is 84.9 Å². The van der Waals surface area contributed by atoms with Gasteiger partial charge in [0.15, 0.2) is 0 Å². The van der Waals surface area contributed by atoms with E-state index in [0.29, 0.717) is 35.5 Å². The largest absolute Gasteiger partial charge is 0.507 e. The number of aliphatic carboxylic acids is 1. The monoisotopic (exact) mass is 755 g/mol. The summed E-state index contributed by atoms with van der Waals surface area (Å²) in [5.41, 5.74) is 8.70. The number of hydrogen-bond acceptors (Lipinski definition) is 8. The molecule has 0 saturated heterocycles. The number of amides is 4. The molecule has 282 valence electrons. The molecule has 4 aromatic rings. The van der Waals surface area contributed by atoms with Crippen molar-refractivity contribution in [3.8, 4) is 33.8 Å². The molecule has 1 heterocycles. The normalized spacial score (nSPS) is 17.7. The number of nitrogens with one attached hydrogen (secondary N) is 3. The van der Waals surface area contributed by atoms with Gasteiger partial charge in [0.05, 0.1) is 0 Å². The number of benzene rings is 4. The fraction of sp³-hybridized carbons (Fsp3) is 0.275. The molecule has 54 heavy (non-hydrogen) atoms. The first kappa shape index (κ1) is 39.3. The van der Waals surface area contributed by atoms with Gasteiger partial charge in [0.2, 0.25) is 17.7 Å². The van der Waals surface area contributed by atoms with Gasteiger partial charge in [-0.05, 0) is 104 Å². The van der Waals surface area contributed by atoms with Crippen LogP contribution in [0.5, 0.6) is 11.5 Å². The van der Waals surface area contributed by atoms with Gasteiger partial charge in [-0.2, -0.15) is 0 Å². The van der Waals surface area contributed by atoms with Crippen LogP contribution in [0.25, 0.3) is 22.3 Å². The molecule has 13 nitrogen and oxygen atoms in total. The first-order valence-electron chi connectivity index (χ1n) is 17.4. The molecular formula is C40H42ClN5O8. The van der Waals surface area contributed by atoms with E-state index in [0.717, 1.165) is 16.0 Å². The summed E-state index contributed by atoms with van der Waals surface area (Å²) in [6, 6.07) is 17.5. The zero-order valence-corrected chi connectivity index (χ0v) is 30.5. The number of fused-ring (bicyclic) bond motifs is 5. The Bertz CT molecular complexity index is 2040. The predicted octanol–water partition coefficient (Wildman–Crippen LogP) is 4.14. The molecule has 0 radical (unpaired) electrons. The fourth-order valence-electron chi connectivity index (χ4n) is 6.33. The van der Waals surface area contributed by atoms with Crippen LogP contribution in [0.1, 0.15) is 53.7 Å². The molecule has 4 atom stereocenters. The SMILES string of the molecule is C[C@@H]1NC(=O)C(N(C)C(=O)[C@H](CCCCN)NC(=O)c2ccc(-c3ccc(Cl)cc3)cc2)c2ccc(O)c(c2)-c2cc(ccc2O)CC(C(=O)O)NC1=O. The summed E-state index contributed by atoms with van der Waals surface area (Å²) in [5.74, 6) is -4.53. The van der Waals surface area contributed by atoms with E-state index in [9.17, 15) is 39.3 Å². The van der Waals surface area contributed by atoms with Crippen LogP contribution in [0.2, 0.25) is 5.02 Å². The number of unbranched alkanes of at least 4 members (excludes halogenated alkanes) is 1. The second-order valence-electron chi connectivity index (χ2n) is 13.2. The van der Waals surface area contributed by atoms with Gasteiger partial charge >= 0.3 is 5.97 Å². The highest BCUT2D eigenvalue weighted by atomic mass is 35.5. The van der Waals surface area contributed by atoms with E-state index in [1.54, 1.807) is 36.4 Å². The van der Waals surface area contributed by atoms with Crippen LogP contribution in [0.4, 0.5) is 0 Å². The Balaban J connectivity index is 1.50. The van der Waals surface area contributed by atoms with E-state index >= 15 is 0 Å². The topological polar surface area (TPSA) is 211 Å². The van der Waals surface area contributed by atoms with Crippen LogP contribution < -0.4 is 21.7 Å². The Morgan fingerprint density at radius 3 is 2.11 bits per heavy atom. The molecule has 0 spiro atoms. The number of halogens is 1. The summed E-state index contributed by atoms with van der Waals surface area (Å²) < 4.78 is 0. The lowest BCUT2D eigenvalue weighted by molar-refractivity contribution is -0.143. The molecule has 1 aliphatic heterocycles. The predicted molar refractivity (Wildman–Crippen MR) is 203 cm³/mol. The second-order valence-corrected chi connectivity index (χ2v) is 13.6. The molecular weight excluding hydrogens is 714 g/mol. The maximum Gasteiger partial charge on any atom is 0.326 e. The Labute approximate surface area is 317 Å². The van der Waals surface area contributed by atoms with Crippen molar-refractivity contribution in [2.24, 2.45) is 5.73 Å².